The first-order chi connectivity index (χ1) is 6.62. The van der Waals surface area contributed by atoms with Crippen LogP contribution in [-0.2, 0) is 10.2 Å². The lowest BCUT2D eigenvalue weighted by atomic mass is 10.1. The number of nitrogens with one attached hydrogen (secondary N) is 2. The van der Waals surface area contributed by atoms with Crippen molar-refractivity contribution in [2.75, 3.05) is 20.1 Å². The van der Waals surface area contributed by atoms with Gasteiger partial charge in [-0.25, -0.2) is 4.72 Å². The summed E-state index contributed by atoms with van der Waals surface area (Å²) in [6.07, 6.45) is 3.22. The highest BCUT2D eigenvalue weighted by atomic mass is 32.2. The first-order valence-corrected chi connectivity index (χ1v) is 6.50. The minimum Gasteiger partial charge on any atom is -0.310 e. The Morgan fingerprint density at radius 2 is 2.00 bits per heavy atom. The summed E-state index contributed by atoms with van der Waals surface area (Å²) in [7, 11) is -1.76. The molecule has 2 bridgehead atoms. The molecule has 0 amide bonds. The number of rotatable bonds is 2. The maximum atomic E-state index is 11.6. The van der Waals surface area contributed by atoms with E-state index >= 15 is 0 Å². The van der Waals surface area contributed by atoms with Crippen molar-refractivity contribution >= 4 is 10.2 Å². The number of hydrogen-bond donors (Lipinski definition) is 2. The molecule has 0 aromatic rings. The lowest BCUT2D eigenvalue weighted by Crippen LogP contribution is -2.43. The van der Waals surface area contributed by atoms with Crippen molar-refractivity contribution in [3.63, 3.8) is 0 Å². The van der Waals surface area contributed by atoms with E-state index in [0.717, 1.165) is 12.8 Å². The molecular formula is C8H17N3O2S. The fourth-order valence-electron chi connectivity index (χ4n) is 2.26. The van der Waals surface area contributed by atoms with E-state index in [1.165, 1.54) is 13.5 Å². The van der Waals surface area contributed by atoms with Crippen molar-refractivity contribution in [1.82, 2.24) is 14.3 Å². The summed E-state index contributed by atoms with van der Waals surface area (Å²) in [6, 6.07) is 0.877. The minimum absolute atomic E-state index is 0.352. The van der Waals surface area contributed by atoms with Gasteiger partial charge in [-0.3, -0.25) is 0 Å². The normalized spacial score (nSPS) is 34.4. The van der Waals surface area contributed by atoms with E-state index in [9.17, 15) is 8.42 Å². The van der Waals surface area contributed by atoms with Crippen molar-refractivity contribution in [1.29, 1.82) is 0 Å². The highest BCUT2D eigenvalue weighted by molar-refractivity contribution is 7.87. The zero-order chi connectivity index (χ0) is 10.2. The summed E-state index contributed by atoms with van der Waals surface area (Å²) in [6.45, 7) is 1.25. The molecule has 2 aliphatic heterocycles. The van der Waals surface area contributed by atoms with Gasteiger partial charge in [-0.2, -0.15) is 12.7 Å². The Balaban J connectivity index is 2.09. The van der Waals surface area contributed by atoms with Crippen molar-refractivity contribution < 1.29 is 8.42 Å². The average Bonchev–Trinajstić information content (AvgIpc) is 2.45. The molecule has 2 aliphatic rings. The van der Waals surface area contributed by atoms with Crippen LogP contribution in [0.25, 0.3) is 0 Å². The number of fused-ring (bicyclic) bond motifs is 2. The van der Waals surface area contributed by atoms with Crippen LogP contribution in [0.3, 0.4) is 0 Å². The Morgan fingerprint density at radius 3 is 2.71 bits per heavy atom. The van der Waals surface area contributed by atoms with Gasteiger partial charge in [-0.15, -0.1) is 0 Å². The van der Waals surface area contributed by atoms with E-state index in [1.807, 2.05) is 0 Å². The first-order valence-electron chi connectivity index (χ1n) is 5.06. The second kappa shape index (κ2) is 3.77. The molecule has 0 spiro atoms. The van der Waals surface area contributed by atoms with Gasteiger partial charge in [0.1, 0.15) is 0 Å². The summed E-state index contributed by atoms with van der Waals surface area (Å²) in [4.78, 5) is 0. The fourth-order valence-corrected chi connectivity index (χ4v) is 3.24. The zero-order valence-corrected chi connectivity index (χ0v) is 9.18. The summed E-state index contributed by atoms with van der Waals surface area (Å²) in [5.41, 5.74) is 0. The largest absolute Gasteiger partial charge is 0.310 e. The van der Waals surface area contributed by atoms with Gasteiger partial charge >= 0.3 is 0 Å². The van der Waals surface area contributed by atoms with Crippen LogP contribution in [0.5, 0.6) is 0 Å². The van der Waals surface area contributed by atoms with E-state index in [2.05, 4.69) is 10.0 Å². The van der Waals surface area contributed by atoms with Gasteiger partial charge in [0.15, 0.2) is 0 Å². The minimum atomic E-state index is -3.22. The summed E-state index contributed by atoms with van der Waals surface area (Å²) in [5, 5.41) is 3.45. The van der Waals surface area contributed by atoms with Crippen molar-refractivity contribution in [3.05, 3.63) is 0 Å². The Morgan fingerprint density at radius 1 is 1.29 bits per heavy atom. The Bertz CT molecular complexity index is 304. The summed E-state index contributed by atoms with van der Waals surface area (Å²) >= 11 is 0. The topological polar surface area (TPSA) is 61.4 Å². The lowest BCUT2D eigenvalue weighted by molar-refractivity contribution is 0.379. The molecular weight excluding hydrogens is 202 g/mol. The molecule has 14 heavy (non-hydrogen) atoms. The predicted molar refractivity (Wildman–Crippen MR) is 54.1 cm³/mol. The summed E-state index contributed by atoms with van der Waals surface area (Å²) < 4.78 is 27.1. The van der Waals surface area contributed by atoms with E-state index in [1.54, 1.807) is 4.31 Å². The van der Waals surface area contributed by atoms with Crippen LogP contribution < -0.4 is 10.0 Å². The SMILES string of the molecule is CNS(=O)(=O)N1CCC2CCC(C1)N2. The van der Waals surface area contributed by atoms with Crippen LogP contribution in [0.15, 0.2) is 0 Å². The molecule has 2 N–H and O–H groups in total. The molecule has 2 heterocycles. The molecule has 82 valence electrons. The van der Waals surface area contributed by atoms with E-state index in [4.69, 9.17) is 0 Å². The molecule has 0 saturated carbocycles. The monoisotopic (exact) mass is 219 g/mol. The fraction of sp³-hybridized carbons (Fsp3) is 1.00. The molecule has 0 aromatic carbocycles. The quantitative estimate of drug-likeness (QED) is 0.644. The predicted octanol–water partition coefficient (Wildman–Crippen LogP) is -0.723. The second-order valence-electron chi connectivity index (χ2n) is 3.99. The van der Waals surface area contributed by atoms with Crippen LogP contribution >= 0.6 is 0 Å². The van der Waals surface area contributed by atoms with Crippen LogP contribution in [-0.4, -0.2) is 44.9 Å². The van der Waals surface area contributed by atoms with Gasteiger partial charge in [-0.1, -0.05) is 0 Å². The second-order valence-corrected chi connectivity index (χ2v) is 5.87. The Hall–Kier alpha value is -0.170. The zero-order valence-electron chi connectivity index (χ0n) is 8.36. The Kier molecular flexibility index (Phi) is 2.79. The van der Waals surface area contributed by atoms with Gasteiger partial charge < -0.3 is 5.32 Å². The highest BCUT2D eigenvalue weighted by Gasteiger charge is 2.33. The molecule has 2 unspecified atom stereocenters. The maximum absolute atomic E-state index is 11.6. The van der Waals surface area contributed by atoms with Gasteiger partial charge in [-0.05, 0) is 19.3 Å². The number of nitrogens with zero attached hydrogens (tertiary/aromatic N) is 1. The smallest absolute Gasteiger partial charge is 0.279 e. The van der Waals surface area contributed by atoms with E-state index < -0.39 is 10.2 Å². The molecule has 2 fully saturated rings. The molecule has 5 nitrogen and oxygen atoms in total. The molecule has 2 saturated heterocycles. The van der Waals surface area contributed by atoms with Crippen LogP contribution in [0, 0.1) is 0 Å². The lowest BCUT2D eigenvalue weighted by Gasteiger charge is -2.22. The Labute approximate surface area is 85.0 Å². The first kappa shape index (κ1) is 10.4. The standard InChI is InChI=1S/C8H17N3O2S/c1-9-14(12,13)11-5-4-7-2-3-8(6-11)10-7/h7-10H,2-6H2,1H3. The van der Waals surface area contributed by atoms with E-state index in [-0.39, 0.29) is 0 Å². The van der Waals surface area contributed by atoms with Crippen LogP contribution in [0.1, 0.15) is 19.3 Å². The third kappa shape index (κ3) is 1.93. The maximum Gasteiger partial charge on any atom is 0.279 e. The molecule has 2 rings (SSSR count). The molecule has 0 radical (unpaired) electrons. The van der Waals surface area contributed by atoms with E-state index in [0.29, 0.717) is 25.2 Å². The molecule has 0 aliphatic carbocycles. The third-order valence-electron chi connectivity index (χ3n) is 3.08. The van der Waals surface area contributed by atoms with Gasteiger partial charge in [0.05, 0.1) is 0 Å². The van der Waals surface area contributed by atoms with Crippen LogP contribution in [0.2, 0.25) is 0 Å². The molecule has 2 atom stereocenters. The van der Waals surface area contributed by atoms with Crippen molar-refractivity contribution in [2.45, 2.75) is 31.3 Å². The average molecular weight is 219 g/mol. The molecule has 6 heteroatoms. The van der Waals surface area contributed by atoms with Gasteiger partial charge in [0.25, 0.3) is 10.2 Å². The van der Waals surface area contributed by atoms with Gasteiger partial charge in [0, 0.05) is 32.2 Å². The summed E-state index contributed by atoms with van der Waals surface area (Å²) in [5.74, 6) is 0. The number of hydrogen-bond acceptors (Lipinski definition) is 3. The van der Waals surface area contributed by atoms with Crippen molar-refractivity contribution in [2.24, 2.45) is 0 Å². The van der Waals surface area contributed by atoms with Gasteiger partial charge in [0.2, 0.25) is 0 Å². The van der Waals surface area contributed by atoms with Crippen molar-refractivity contribution in [3.8, 4) is 0 Å². The third-order valence-corrected chi connectivity index (χ3v) is 4.61. The highest BCUT2D eigenvalue weighted by Crippen LogP contribution is 2.21. The van der Waals surface area contributed by atoms with Crippen LogP contribution in [0.4, 0.5) is 0 Å². The molecule has 0 aromatic heterocycles.